The van der Waals surface area contributed by atoms with E-state index in [0.29, 0.717) is 27.7 Å². The summed E-state index contributed by atoms with van der Waals surface area (Å²) in [6.07, 6.45) is 0. The van der Waals surface area contributed by atoms with Gasteiger partial charge in [-0.1, -0.05) is 13.0 Å². The van der Waals surface area contributed by atoms with E-state index in [1.54, 1.807) is 25.3 Å². The molecular formula is C17H18ClNO3. The van der Waals surface area contributed by atoms with Crippen LogP contribution in [0.3, 0.4) is 0 Å². The molecule has 0 spiro atoms. The molecule has 5 heteroatoms. The van der Waals surface area contributed by atoms with E-state index in [2.05, 4.69) is 12.2 Å². The Bertz CT molecular complexity index is 858. The third-order valence-electron chi connectivity index (χ3n) is 3.52. The van der Waals surface area contributed by atoms with Gasteiger partial charge in [-0.15, -0.1) is 12.4 Å². The van der Waals surface area contributed by atoms with E-state index >= 15 is 0 Å². The molecule has 0 fully saturated rings. The molecule has 22 heavy (non-hydrogen) atoms. The molecule has 0 aliphatic rings. The molecule has 0 saturated carbocycles. The maximum Gasteiger partial charge on any atom is 0.200 e. The zero-order valence-electron chi connectivity index (χ0n) is 12.5. The zero-order valence-corrected chi connectivity index (χ0v) is 13.3. The van der Waals surface area contributed by atoms with Crippen LogP contribution < -0.4 is 15.5 Å². The number of nitrogens with one attached hydrogen (secondary N) is 1. The second-order valence-corrected chi connectivity index (χ2v) is 4.90. The number of rotatable bonds is 4. The van der Waals surface area contributed by atoms with E-state index in [1.807, 2.05) is 18.2 Å². The fourth-order valence-corrected chi connectivity index (χ4v) is 2.39. The maximum atomic E-state index is 12.6. The van der Waals surface area contributed by atoms with Gasteiger partial charge in [0.05, 0.1) is 17.9 Å². The van der Waals surface area contributed by atoms with Crippen molar-refractivity contribution >= 4 is 34.3 Å². The zero-order chi connectivity index (χ0) is 14.8. The van der Waals surface area contributed by atoms with Crippen LogP contribution >= 0.6 is 12.4 Å². The summed E-state index contributed by atoms with van der Waals surface area (Å²) in [5, 5.41) is 4.44. The van der Waals surface area contributed by atoms with Crippen LogP contribution in [0.15, 0.2) is 45.6 Å². The number of ether oxygens (including phenoxy) is 1. The Morgan fingerprint density at radius 3 is 2.64 bits per heavy atom. The van der Waals surface area contributed by atoms with Crippen LogP contribution in [0.2, 0.25) is 0 Å². The summed E-state index contributed by atoms with van der Waals surface area (Å²) in [5.74, 6) is 0.675. The van der Waals surface area contributed by atoms with Gasteiger partial charge in [-0.2, -0.15) is 0 Å². The maximum absolute atomic E-state index is 12.6. The molecule has 0 saturated heterocycles. The first-order valence-electron chi connectivity index (χ1n) is 6.97. The van der Waals surface area contributed by atoms with Crippen LogP contribution in [0.4, 0.5) is 0 Å². The van der Waals surface area contributed by atoms with Gasteiger partial charge in [0, 0.05) is 12.6 Å². The highest BCUT2D eigenvalue weighted by Crippen LogP contribution is 2.23. The van der Waals surface area contributed by atoms with E-state index in [9.17, 15) is 4.79 Å². The molecule has 116 valence electrons. The lowest BCUT2D eigenvalue weighted by molar-refractivity contribution is 0.414. The lowest BCUT2D eigenvalue weighted by Gasteiger charge is -2.06. The van der Waals surface area contributed by atoms with Crippen LogP contribution in [0, 0.1) is 0 Å². The first kappa shape index (κ1) is 16.3. The summed E-state index contributed by atoms with van der Waals surface area (Å²) >= 11 is 0. The Hall–Kier alpha value is -2.04. The van der Waals surface area contributed by atoms with Crippen molar-refractivity contribution in [2.75, 3.05) is 13.7 Å². The molecule has 1 aromatic heterocycles. The van der Waals surface area contributed by atoms with Gasteiger partial charge in [0.2, 0.25) is 5.43 Å². The van der Waals surface area contributed by atoms with E-state index in [4.69, 9.17) is 9.15 Å². The SMILES string of the molecule is CCNCc1ccc2oc3cc(OC)ccc3c(=O)c2c1.Cl. The van der Waals surface area contributed by atoms with Crippen LogP contribution in [0.1, 0.15) is 12.5 Å². The third-order valence-corrected chi connectivity index (χ3v) is 3.52. The van der Waals surface area contributed by atoms with Gasteiger partial charge in [-0.3, -0.25) is 4.79 Å². The van der Waals surface area contributed by atoms with Crippen molar-refractivity contribution in [2.45, 2.75) is 13.5 Å². The highest BCUT2D eigenvalue weighted by atomic mass is 35.5. The average molecular weight is 320 g/mol. The second-order valence-electron chi connectivity index (χ2n) is 4.90. The summed E-state index contributed by atoms with van der Waals surface area (Å²) in [6.45, 7) is 3.69. The summed E-state index contributed by atoms with van der Waals surface area (Å²) in [7, 11) is 1.59. The second kappa shape index (κ2) is 6.81. The molecule has 3 aromatic rings. The number of hydrogen-bond donors (Lipinski definition) is 1. The van der Waals surface area contributed by atoms with Gasteiger partial charge < -0.3 is 14.5 Å². The Balaban J connectivity index is 0.00000176. The van der Waals surface area contributed by atoms with Gasteiger partial charge in [-0.05, 0) is 36.4 Å². The lowest BCUT2D eigenvalue weighted by atomic mass is 10.1. The van der Waals surface area contributed by atoms with Crippen LogP contribution in [0.25, 0.3) is 21.9 Å². The number of methoxy groups -OCH3 is 1. The average Bonchev–Trinajstić information content (AvgIpc) is 2.53. The van der Waals surface area contributed by atoms with Gasteiger partial charge >= 0.3 is 0 Å². The van der Waals surface area contributed by atoms with Gasteiger partial charge in [0.1, 0.15) is 16.9 Å². The summed E-state index contributed by atoms with van der Waals surface area (Å²) in [4.78, 5) is 12.6. The molecule has 0 aliphatic heterocycles. The fraction of sp³-hybridized carbons (Fsp3) is 0.235. The van der Waals surface area contributed by atoms with Crippen LogP contribution in [-0.4, -0.2) is 13.7 Å². The van der Waals surface area contributed by atoms with Crippen molar-refractivity contribution in [1.82, 2.24) is 5.32 Å². The van der Waals surface area contributed by atoms with E-state index in [0.717, 1.165) is 18.7 Å². The highest BCUT2D eigenvalue weighted by molar-refractivity contribution is 5.90. The predicted octanol–water partition coefficient (Wildman–Crippen LogP) is 3.49. The molecule has 1 N–H and O–H groups in total. The highest BCUT2D eigenvalue weighted by Gasteiger charge is 2.09. The minimum atomic E-state index is -0.00717. The Kier molecular flexibility index (Phi) is 5.06. The van der Waals surface area contributed by atoms with Gasteiger partial charge in [0.15, 0.2) is 0 Å². The molecule has 2 aromatic carbocycles. The van der Waals surface area contributed by atoms with Crippen molar-refractivity contribution in [1.29, 1.82) is 0 Å². The first-order valence-corrected chi connectivity index (χ1v) is 6.97. The minimum Gasteiger partial charge on any atom is -0.497 e. The van der Waals surface area contributed by atoms with Crippen molar-refractivity contribution < 1.29 is 9.15 Å². The topological polar surface area (TPSA) is 51.5 Å². The predicted molar refractivity (Wildman–Crippen MR) is 91.2 cm³/mol. The number of benzene rings is 2. The monoisotopic (exact) mass is 319 g/mol. The Morgan fingerprint density at radius 2 is 1.91 bits per heavy atom. The number of hydrogen-bond acceptors (Lipinski definition) is 4. The smallest absolute Gasteiger partial charge is 0.200 e. The summed E-state index contributed by atoms with van der Waals surface area (Å²) in [6, 6.07) is 11.0. The van der Waals surface area contributed by atoms with Gasteiger partial charge in [-0.25, -0.2) is 0 Å². The van der Waals surface area contributed by atoms with Crippen molar-refractivity contribution in [3.8, 4) is 5.75 Å². The third kappa shape index (κ3) is 2.93. The van der Waals surface area contributed by atoms with Crippen molar-refractivity contribution in [3.63, 3.8) is 0 Å². The van der Waals surface area contributed by atoms with Crippen molar-refractivity contribution in [2.24, 2.45) is 0 Å². The van der Waals surface area contributed by atoms with Crippen molar-refractivity contribution in [3.05, 3.63) is 52.2 Å². The lowest BCUT2D eigenvalue weighted by Crippen LogP contribution is -2.12. The Labute approximate surface area is 134 Å². The molecule has 0 aliphatic carbocycles. The van der Waals surface area contributed by atoms with E-state index in [-0.39, 0.29) is 17.8 Å². The Morgan fingerprint density at radius 1 is 1.09 bits per heavy atom. The minimum absolute atomic E-state index is 0. The summed E-state index contributed by atoms with van der Waals surface area (Å²) in [5.41, 5.74) is 2.21. The number of fused-ring (bicyclic) bond motifs is 2. The van der Waals surface area contributed by atoms with Crippen LogP contribution in [0.5, 0.6) is 5.75 Å². The normalized spacial score (nSPS) is 10.6. The molecule has 0 bridgehead atoms. The molecule has 0 radical (unpaired) electrons. The van der Waals surface area contributed by atoms with Gasteiger partial charge in [0.25, 0.3) is 0 Å². The molecule has 0 amide bonds. The molecule has 3 rings (SSSR count). The first-order chi connectivity index (χ1) is 10.2. The standard InChI is InChI=1S/C17H17NO3.ClH/c1-3-18-10-11-4-7-15-14(8-11)17(19)13-6-5-12(20-2)9-16(13)21-15;/h4-9,18H,3,10H2,1-2H3;1H. The molecule has 4 nitrogen and oxygen atoms in total. The molecule has 0 unspecified atom stereocenters. The quantitative estimate of drug-likeness (QED) is 0.748. The fourth-order valence-electron chi connectivity index (χ4n) is 2.39. The largest absolute Gasteiger partial charge is 0.497 e. The molecular weight excluding hydrogens is 302 g/mol. The number of halogens is 1. The molecule has 1 heterocycles. The summed E-state index contributed by atoms with van der Waals surface area (Å²) < 4.78 is 11.0. The van der Waals surface area contributed by atoms with E-state index in [1.165, 1.54) is 0 Å². The van der Waals surface area contributed by atoms with Crippen LogP contribution in [-0.2, 0) is 6.54 Å². The van der Waals surface area contributed by atoms with E-state index < -0.39 is 0 Å². The molecule has 0 atom stereocenters.